The minimum Gasteiger partial charge on any atom is -0.309 e. The quantitative estimate of drug-likeness (QED) is 0.167. The number of hydrogen-bond donors (Lipinski definition) is 0. The minimum atomic E-state index is 0.0247. The van der Waals surface area contributed by atoms with E-state index >= 15 is 0 Å². The van der Waals surface area contributed by atoms with Crippen molar-refractivity contribution in [1.82, 2.24) is 28.7 Å². The molecule has 0 atom stereocenters. The number of fused-ring (bicyclic) bond motifs is 9. The van der Waals surface area contributed by atoms with Crippen LogP contribution in [0.3, 0.4) is 0 Å². The first-order valence-corrected chi connectivity index (χ1v) is 24.6. The molecule has 342 valence electrons. The molecule has 0 bridgehead atoms. The van der Waals surface area contributed by atoms with Crippen molar-refractivity contribution >= 4 is 65.4 Å². The Morgan fingerprint density at radius 3 is 0.789 bits per heavy atom. The van der Waals surface area contributed by atoms with E-state index < -0.39 is 0 Å². The highest BCUT2D eigenvalue weighted by molar-refractivity contribution is 6.11. The Balaban J connectivity index is 0.933. The first-order chi connectivity index (χ1) is 34.5. The molecule has 0 N–H and O–H groups in total. The van der Waals surface area contributed by atoms with Gasteiger partial charge >= 0.3 is 0 Å². The minimum absolute atomic E-state index is 0.0247. The number of nitrogens with zero attached hydrogens (tertiary/aromatic N) is 6. The SMILES string of the molecule is CC(C)(C)c1ccc2c(c1)c1cc(C(C)(C)C)ccc1n2-c1ccc(-c2nc(-c3ccc(-n4c5ccccc5c5ccccc54)cc3)nc(-c3ccc(-n4c5ccccc5c5ccccc54)cc3)n2)cc1. The molecule has 0 fully saturated rings. The lowest BCUT2D eigenvalue weighted by molar-refractivity contribution is 0.590. The van der Waals surface area contributed by atoms with Gasteiger partial charge in [0.25, 0.3) is 0 Å². The molecule has 0 saturated carbocycles. The van der Waals surface area contributed by atoms with Crippen LogP contribution in [0.2, 0.25) is 0 Å². The van der Waals surface area contributed by atoms with Gasteiger partial charge in [-0.25, -0.2) is 15.0 Å². The highest BCUT2D eigenvalue weighted by Crippen LogP contribution is 2.39. The van der Waals surface area contributed by atoms with Crippen molar-refractivity contribution in [3.63, 3.8) is 0 Å². The molecule has 0 aliphatic carbocycles. The zero-order valence-corrected chi connectivity index (χ0v) is 40.8. The van der Waals surface area contributed by atoms with Crippen molar-refractivity contribution in [2.75, 3.05) is 0 Å². The van der Waals surface area contributed by atoms with Gasteiger partial charge in [-0.15, -0.1) is 0 Å². The second kappa shape index (κ2) is 16.0. The normalized spacial score (nSPS) is 12.4. The van der Waals surface area contributed by atoms with Gasteiger partial charge in [-0.05, 0) is 143 Å². The van der Waals surface area contributed by atoms with Crippen LogP contribution in [0.1, 0.15) is 52.7 Å². The van der Waals surface area contributed by atoms with E-state index in [4.69, 9.17) is 15.0 Å². The van der Waals surface area contributed by atoms with Crippen LogP contribution in [0.5, 0.6) is 0 Å². The maximum Gasteiger partial charge on any atom is 0.164 e. The van der Waals surface area contributed by atoms with Crippen LogP contribution in [0.4, 0.5) is 0 Å². The van der Waals surface area contributed by atoms with Crippen LogP contribution < -0.4 is 0 Å². The third kappa shape index (κ3) is 7.04. The van der Waals surface area contributed by atoms with Gasteiger partial charge < -0.3 is 13.7 Å². The summed E-state index contributed by atoms with van der Waals surface area (Å²) < 4.78 is 7.07. The largest absolute Gasteiger partial charge is 0.309 e. The molecule has 4 aromatic heterocycles. The third-order valence-electron chi connectivity index (χ3n) is 14.4. The van der Waals surface area contributed by atoms with Crippen molar-refractivity contribution in [2.45, 2.75) is 52.4 Å². The zero-order valence-electron chi connectivity index (χ0n) is 40.8. The van der Waals surface area contributed by atoms with Gasteiger partial charge in [-0.2, -0.15) is 0 Å². The highest BCUT2D eigenvalue weighted by Gasteiger charge is 2.22. The van der Waals surface area contributed by atoms with Gasteiger partial charge in [0.2, 0.25) is 0 Å². The van der Waals surface area contributed by atoms with Gasteiger partial charge in [-0.1, -0.05) is 126 Å². The van der Waals surface area contributed by atoms with Gasteiger partial charge in [-0.3, -0.25) is 0 Å². The highest BCUT2D eigenvalue weighted by atomic mass is 15.0. The molecule has 9 aromatic carbocycles. The van der Waals surface area contributed by atoms with E-state index in [1.165, 1.54) is 76.5 Å². The molecule has 13 rings (SSSR count). The first kappa shape index (κ1) is 42.5. The number of hydrogen-bond acceptors (Lipinski definition) is 3. The average Bonchev–Trinajstić information content (AvgIpc) is 4.04. The van der Waals surface area contributed by atoms with Crippen LogP contribution in [0, 0.1) is 0 Å². The molecule has 0 aliphatic heterocycles. The van der Waals surface area contributed by atoms with Crippen molar-refractivity contribution in [1.29, 1.82) is 0 Å². The second-order valence-electron chi connectivity index (χ2n) is 21.0. The maximum atomic E-state index is 5.24. The topological polar surface area (TPSA) is 53.5 Å². The zero-order chi connectivity index (χ0) is 48.2. The average molecular weight is 917 g/mol. The molecule has 6 nitrogen and oxygen atoms in total. The molecule has 0 aliphatic rings. The maximum absolute atomic E-state index is 5.24. The fraction of sp³-hybridized carbons (Fsp3) is 0.123. The van der Waals surface area contributed by atoms with Crippen molar-refractivity contribution < 1.29 is 0 Å². The number of para-hydroxylation sites is 4. The predicted molar refractivity (Wildman–Crippen MR) is 297 cm³/mol. The summed E-state index contributed by atoms with van der Waals surface area (Å²) in [6.07, 6.45) is 0. The Hall–Kier alpha value is -8.61. The Morgan fingerprint density at radius 2 is 0.521 bits per heavy atom. The molecule has 0 radical (unpaired) electrons. The summed E-state index contributed by atoms with van der Waals surface area (Å²) in [6, 6.07) is 74.3. The first-order valence-electron chi connectivity index (χ1n) is 24.6. The summed E-state index contributed by atoms with van der Waals surface area (Å²) in [6.45, 7) is 13.7. The smallest absolute Gasteiger partial charge is 0.164 e. The molecule has 0 saturated heterocycles. The summed E-state index contributed by atoms with van der Waals surface area (Å²) in [4.78, 5) is 15.7. The Morgan fingerprint density at radius 1 is 0.268 bits per heavy atom. The molecule has 0 amide bonds. The molecular formula is C65H52N6. The number of benzene rings is 9. The van der Waals surface area contributed by atoms with Crippen LogP contribution >= 0.6 is 0 Å². The van der Waals surface area contributed by atoms with Crippen LogP contribution in [-0.2, 0) is 10.8 Å². The molecule has 6 heteroatoms. The van der Waals surface area contributed by atoms with E-state index in [1.54, 1.807) is 0 Å². The lowest BCUT2D eigenvalue weighted by Crippen LogP contribution is -2.10. The molecular weight excluding hydrogens is 865 g/mol. The monoisotopic (exact) mass is 916 g/mol. The van der Waals surface area contributed by atoms with Crippen LogP contribution in [0.25, 0.3) is 117 Å². The van der Waals surface area contributed by atoms with E-state index in [-0.39, 0.29) is 10.8 Å². The second-order valence-corrected chi connectivity index (χ2v) is 21.0. The van der Waals surface area contributed by atoms with E-state index in [1.807, 2.05) is 0 Å². The Bertz CT molecular complexity index is 3860. The van der Waals surface area contributed by atoms with Crippen LogP contribution in [0.15, 0.2) is 206 Å². The van der Waals surface area contributed by atoms with Crippen molar-refractivity contribution in [2.24, 2.45) is 0 Å². The van der Waals surface area contributed by atoms with Crippen LogP contribution in [-0.4, -0.2) is 28.7 Å². The molecule has 0 unspecified atom stereocenters. The van der Waals surface area contributed by atoms with E-state index in [2.05, 4.69) is 262 Å². The third-order valence-corrected chi connectivity index (χ3v) is 14.4. The van der Waals surface area contributed by atoms with Gasteiger partial charge in [0.05, 0.1) is 33.1 Å². The summed E-state index contributed by atoms with van der Waals surface area (Å²) in [5.74, 6) is 1.84. The van der Waals surface area contributed by atoms with Gasteiger partial charge in [0, 0.05) is 66.1 Å². The fourth-order valence-electron chi connectivity index (χ4n) is 10.7. The summed E-state index contributed by atoms with van der Waals surface area (Å²) >= 11 is 0. The summed E-state index contributed by atoms with van der Waals surface area (Å²) in [5.41, 5.74) is 15.7. The van der Waals surface area contributed by atoms with Crippen molar-refractivity contribution in [3.8, 4) is 51.2 Å². The van der Waals surface area contributed by atoms with E-state index in [0.29, 0.717) is 17.5 Å². The molecule has 71 heavy (non-hydrogen) atoms. The summed E-state index contributed by atoms with van der Waals surface area (Å²) in [7, 11) is 0. The predicted octanol–water partition coefficient (Wildman–Crippen LogP) is 16.8. The van der Waals surface area contributed by atoms with Gasteiger partial charge in [0.15, 0.2) is 17.5 Å². The lowest BCUT2D eigenvalue weighted by atomic mass is 9.85. The summed E-state index contributed by atoms with van der Waals surface area (Å²) in [5, 5.41) is 7.46. The van der Waals surface area contributed by atoms with E-state index in [9.17, 15) is 0 Å². The lowest BCUT2D eigenvalue weighted by Gasteiger charge is -2.19. The van der Waals surface area contributed by atoms with E-state index in [0.717, 1.165) is 33.8 Å². The van der Waals surface area contributed by atoms with Crippen molar-refractivity contribution in [3.05, 3.63) is 217 Å². The Kier molecular flexibility index (Phi) is 9.56. The molecule has 13 aromatic rings. The van der Waals surface area contributed by atoms with Gasteiger partial charge in [0.1, 0.15) is 0 Å². The molecule has 0 spiro atoms. The number of aromatic nitrogens is 6. The standard InChI is InChI=1S/C65H52N6/c1-64(2,3)44-29-37-59-53(39-44)54-40-45(65(4,5)6)30-38-60(54)71(59)48-35-27-43(28-36-48)63-67-61(41-23-31-46(32-24-41)69-55-19-11-7-15-49(55)50-16-8-12-20-56(50)69)66-62(68-63)42-25-33-47(34-26-42)70-57-21-13-9-17-51(57)52-18-10-14-22-58(52)70/h7-40H,1-6H3. The fourth-order valence-corrected chi connectivity index (χ4v) is 10.7. The Labute approximate surface area is 413 Å². The number of rotatable bonds is 6. The molecule has 4 heterocycles.